The molecule has 0 spiro atoms. The van der Waals surface area contributed by atoms with Crippen molar-refractivity contribution in [3.05, 3.63) is 34.3 Å². The second kappa shape index (κ2) is 4.87. The van der Waals surface area contributed by atoms with Crippen LogP contribution in [0.4, 0.5) is 0 Å². The molecule has 0 radical (unpaired) electrons. The van der Waals surface area contributed by atoms with E-state index in [1.165, 1.54) is 5.56 Å². The SMILES string of the molecule is NC1=N[C@@]2(c3cccc(Br)c3)CCOC[C@H]2CS1. The number of halogens is 1. The molecule has 2 aliphatic rings. The molecule has 0 aromatic heterocycles. The molecular weight excluding hydrogens is 312 g/mol. The molecule has 0 saturated carbocycles. The summed E-state index contributed by atoms with van der Waals surface area (Å²) in [5, 5.41) is 0.702. The van der Waals surface area contributed by atoms with Gasteiger partial charge in [-0.05, 0) is 17.7 Å². The zero-order valence-corrected chi connectivity index (χ0v) is 12.3. The minimum absolute atomic E-state index is 0.183. The molecule has 2 aliphatic heterocycles. The molecular formula is C13H15BrN2OS. The van der Waals surface area contributed by atoms with Crippen molar-refractivity contribution in [3.8, 4) is 0 Å². The summed E-state index contributed by atoms with van der Waals surface area (Å²) in [6.45, 7) is 1.53. The Labute approximate surface area is 119 Å². The van der Waals surface area contributed by atoms with Crippen LogP contribution in [0.2, 0.25) is 0 Å². The molecule has 0 bridgehead atoms. The Morgan fingerprint density at radius 3 is 3.22 bits per heavy atom. The monoisotopic (exact) mass is 326 g/mol. The van der Waals surface area contributed by atoms with E-state index in [1.54, 1.807) is 11.8 Å². The highest BCUT2D eigenvalue weighted by molar-refractivity contribution is 9.10. The zero-order chi connectivity index (χ0) is 12.6. The van der Waals surface area contributed by atoms with E-state index in [9.17, 15) is 0 Å². The Kier molecular flexibility index (Phi) is 3.38. The molecule has 96 valence electrons. The van der Waals surface area contributed by atoms with Crippen LogP contribution in [0, 0.1) is 5.92 Å². The Morgan fingerprint density at radius 2 is 2.39 bits per heavy atom. The molecule has 0 amide bonds. The standard InChI is InChI=1S/C13H15BrN2OS/c14-11-3-1-2-9(6-11)13-4-5-17-7-10(13)8-18-12(15)16-13/h1-3,6,10H,4-5,7-8H2,(H2,15,16)/t10-,13+/m0/s1. The maximum Gasteiger partial charge on any atom is 0.154 e. The third-order valence-corrected chi connectivity index (χ3v) is 5.14. The fraction of sp³-hybridized carbons (Fsp3) is 0.462. The number of amidine groups is 1. The van der Waals surface area contributed by atoms with Crippen molar-refractivity contribution in [3.63, 3.8) is 0 Å². The summed E-state index contributed by atoms with van der Waals surface area (Å²) in [5.41, 5.74) is 7.02. The molecule has 0 aliphatic carbocycles. The van der Waals surface area contributed by atoms with E-state index >= 15 is 0 Å². The molecule has 2 heterocycles. The maximum absolute atomic E-state index is 5.96. The number of nitrogens with zero attached hydrogens (tertiary/aromatic N) is 1. The molecule has 5 heteroatoms. The average molecular weight is 327 g/mol. The number of hydrogen-bond acceptors (Lipinski definition) is 4. The van der Waals surface area contributed by atoms with Crippen molar-refractivity contribution >= 4 is 32.9 Å². The Bertz CT molecular complexity index is 494. The first-order valence-electron chi connectivity index (χ1n) is 6.03. The lowest BCUT2D eigenvalue weighted by atomic mass is 9.76. The number of aliphatic imine (C=N–C) groups is 1. The number of ether oxygens (including phenoxy) is 1. The topological polar surface area (TPSA) is 47.6 Å². The van der Waals surface area contributed by atoms with Gasteiger partial charge in [-0.3, -0.25) is 4.99 Å². The van der Waals surface area contributed by atoms with Crippen LogP contribution in [0.15, 0.2) is 33.7 Å². The lowest BCUT2D eigenvalue weighted by Gasteiger charge is -2.43. The van der Waals surface area contributed by atoms with Crippen molar-refractivity contribution in [2.24, 2.45) is 16.6 Å². The van der Waals surface area contributed by atoms with Crippen molar-refractivity contribution < 1.29 is 4.74 Å². The third kappa shape index (κ3) is 2.08. The maximum atomic E-state index is 5.96. The van der Waals surface area contributed by atoms with Gasteiger partial charge in [-0.1, -0.05) is 39.8 Å². The molecule has 1 aromatic carbocycles. The molecule has 0 unspecified atom stereocenters. The van der Waals surface area contributed by atoms with Crippen LogP contribution in [0.3, 0.4) is 0 Å². The second-order valence-electron chi connectivity index (χ2n) is 4.72. The predicted molar refractivity (Wildman–Crippen MR) is 78.8 cm³/mol. The van der Waals surface area contributed by atoms with E-state index in [-0.39, 0.29) is 5.54 Å². The predicted octanol–water partition coefficient (Wildman–Crippen LogP) is 2.74. The lowest BCUT2D eigenvalue weighted by molar-refractivity contribution is 0.0101. The average Bonchev–Trinajstić information content (AvgIpc) is 2.38. The quantitative estimate of drug-likeness (QED) is 0.863. The van der Waals surface area contributed by atoms with Crippen LogP contribution in [0.5, 0.6) is 0 Å². The van der Waals surface area contributed by atoms with Gasteiger partial charge in [0, 0.05) is 29.2 Å². The molecule has 3 nitrogen and oxygen atoms in total. The number of hydrogen-bond donors (Lipinski definition) is 1. The number of rotatable bonds is 1. The molecule has 18 heavy (non-hydrogen) atoms. The van der Waals surface area contributed by atoms with Crippen molar-refractivity contribution in [1.82, 2.24) is 0 Å². The Morgan fingerprint density at radius 1 is 1.50 bits per heavy atom. The molecule has 1 aromatic rings. The van der Waals surface area contributed by atoms with Gasteiger partial charge in [0.15, 0.2) is 5.17 Å². The summed E-state index contributed by atoms with van der Waals surface area (Å²) in [6, 6.07) is 8.41. The fourth-order valence-corrected chi connectivity index (χ4v) is 4.12. The van der Waals surface area contributed by atoms with E-state index < -0.39 is 0 Å². The Hall–Kier alpha value is -0.520. The highest BCUT2D eigenvalue weighted by atomic mass is 79.9. The van der Waals surface area contributed by atoms with Gasteiger partial charge in [-0.2, -0.15) is 0 Å². The van der Waals surface area contributed by atoms with Gasteiger partial charge in [0.25, 0.3) is 0 Å². The summed E-state index contributed by atoms with van der Waals surface area (Å²) in [5.74, 6) is 1.40. The molecule has 1 fully saturated rings. The molecule has 3 rings (SSSR count). The summed E-state index contributed by atoms with van der Waals surface area (Å²) in [6.07, 6.45) is 0.912. The van der Waals surface area contributed by atoms with Crippen LogP contribution in [0.1, 0.15) is 12.0 Å². The van der Waals surface area contributed by atoms with Crippen molar-refractivity contribution in [2.75, 3.05) is 19.0 Å². The Balaban J connectivity index is 2.10. The van der Waals surface area contributed by atoms with Crippen LogP contribution in [-0.4, -0.2) is 24.1 Å². The summed E-state index contributed by atoms with van der Waals surface area (Å²) in [7, 11) is 0. The van der Waals surface area contributed by atoms with Crippen molar-refractivity contribution in [2.45, 2.75) is 12.0 Å². The number of nitrogens with two attached hydrogens (primary N) is 1. The third-order valence-electron chi connectivity index (χ3n) is 3.69. The molecule has 1 saturated heterocycles. The van der Waals surface area contributed by atoms with Gasteiger partial charge in [0.1, 0.15) is 0 Å². The largest absolute Gasteiger partial charge is 0.381 e. The van der Waals surface area contributed by atoms with Gasteiger partial charge in [-0.15, -0.1) is 0 Å². The van der Waals surface area contributed by atoms with E-state index in [4.69, 9.17) is 15.5 Å². The summed E-state index contributed by atoms with van der Waals surface area (Å²) >= 11 is 5.18. The van der Waals surface area contributed by atoms with Crippen LogP contribution in [0.25, 0.3) is 0 Å². The van der Waals surface area contributed by atoms with E-state index in [2.05, 4.69) is 34.1 Å². The number of thioether (sulfide) groups is 1. The first kappa shape index (κ1) is 12.5. The first-order valence-corrected chi connectivity index (χ1v) is 7.80. The number of fused-ring (bicyclic) bond motifs is 1. The smallest absolute Gasteiger partial charge is 0.154 e. The van der Waals surface area contributed by atoms with Crippen LogP contribution < -0.4 is 5.73 Å². The van der Waals surface area contributed by atoms with Gasteiger partial charge in [0.05, 0.1) is 12.1 Å². The van der Waals surface area contributed by atoms with Gasteiger partial charge in [0.2, 0.25) is 0 Å². The van der Waals surface area contributed by atoms with Crippen LogP contribution in [-0.2, 0) is 10.3 Å². The van der Waals surface area contributed by atoms with E-state index in [0.29, 0.717) is 11.1 Å². The minimum atomic E-state index is -0.183. The van der Waals surface area contributed by atoms with E-state index in [1.807, 2.05) is 6.07 Å². The fourth-order valence-electron chi connectivity index (χ4n) is 2.75. The normalized spacial score (nSPS) is 31.6. The van der Waals surface area contributed by atoms with Gasteiger partial charge < -0.3 is 10.5 Å². The van der Waals surface area contributed by atoms with Gasteiger partial charge in [-0.25, -0.2) is 0 Å². The van der Waals surface area contributed by atoms with Gasteiger partial charge >= 0.3 is 0 Å². The van der Waals surface area contributed by atoms with E-state index in [0.717, 1.165) is 29.9 Å². The van der Waals surface area contributed by atoms with Crippen LogP contribution >= 0.6 is 27.7 Å². The lowest BCUT2D eigenvalue weighted by Crippen LogP contribution is -2.46. The summed E-state index contributed by atoms with van der Waals surface area (Å²) < 4.78 is 6.71. The highest BCUT2D eigenvalue weighted by Gasteiger charge is 2.45. The molecule has 2 atom stereocenters. The molecule has 2 N–H and O–H groups in total. The number of benzene rings is 1. The second-order valence-corrected chi connectivity index (χ2v) is 6.67. The van der Waals surface area contributed by atoms with Crippen molar-refractivity contribution in [1.29, 1.82) is 0 Å². The zero-order valence-electron chi connectivity index (χ0n) is 9.93. The summed E-state index contributed by atoms with van der Waals surface area (Å²) in [4.78, 5) is 4.80. The minimum Gasteiger partial charge on any atom is -0.381 e. The first-order chi connectivity index (χ1) is 8.71. The highest BCUT2D eigenvalue weighted by Crippen LogP contribution is 2.45.